The minimum absolute atomic E-state index is 0.124. The molecule has 0 aromatic heterocycles. The molecule has 0 saturated carbocycles. The van der Waals surface area contributed by atoms with Gasteiger partial charge in [0.2, 0.25) is 5.91 Å². The molecule has 0 radical (unpaired) electrons. The van der Waals surface area contributed by atoms with Crippen molar-refractivity contribution in [3.63, 3.8) is 0 Å². The lowest BCUT2D eigenvalue weighted by atomic mass is 10.1. The Morgan fingerprint density at radius 1 is 1.16 bits per heavy atom. The van der Waals surface area contributed by atoms with Crippen LogP contribution in [0.2, 0.25) is 5.02 Å². The van der Waals surface area contributed by atoms with E-state index in [1.165, 1.54) is 11.8 Å². The Kier molecular flexibility index (Phi) is 7.34. The van der Waals surface area contributed by atoms with E-state index in [2.05, 4.69) is 5.32 Å². The van der Waals surface area contributed by atoms with Crippen LogP contribution in [0.3, 0.4) is 0 Å². The van der Waals surface area contributed by atoms with Gasteiger partial charge in [-0.25, -0.2) is 4.79 Å². The van der Waals surface area contributed by atoms with E-state index in [9.17, 15) is 9.59 Å². The van der Waals surface area contributed by atoms with Crippen LogP contribution in [0.1, 0.15) is 28.4 Å². The summed E-state index contributed by atoms with van der Waals surface area (Å²) in [5, 5.41) is 3.55. The predicted octanol–water partition coefficient (Wildman–Crippen LogP) is 4.70. The molecule has 25 heavy (non-hydrogen) atoms. The molecule has 0 fully saturated rings. The highest BCUT2D eigenvalue weighted by Gasteiger charge is 2.14. The first kappa shape index (κ1) is 19.3. The molecule has 132 valence electrons. The molecule has 1 amide bonds. The van der Waals surface area contributed by atoms with Crippen molar-refractivity contribution >= 4 is 40.9 Å². The van der Waals surface area contributed by atoms with Crippen molar-refractivity contribution in [1.82, 2.24) is 0 Å². The Morgan fingerprint density at radius 2 is 1.92 bits per heavy atom. The molecule has 0 unspecified atom stereocenters. The number of hydrogen-bond acceptors (Lipinski definition) is 4. The molecular formula is C19H20ClNO3S. The Morgan fingerprint density at radius 3 is 2.64 bits per heavy atom. The lowest BCUT2D eigenvalue weighted by Gasteiger charge is -2.12. The second-order valence-corrected chi connectivity index (χ2v) is 6.72. The van der Waals surface area contributed by atoms with Crippen molar-refractivity contribution in [2.45, 2.75) is 19.6 Å². The van der Waals surface area contributed by atoms with E-state index in [0.29, 0.717) is 39.9 Å². The summed E-state index contributed by atoms with van der Waals surface area (Å²) in [6.45, 7) is 3.86. The largest absolute Gasteiger partial charge is 0.462 e. The second kappa shape index (κ2) is 9.49. The van der Waals surface area contributed by atoms with Crippen molar-refractivity contribution in [3.8, 4) is 0 Å². The molecule has 0 aliphatic carbocycles. The normalized spacial score (nSPS) is 10.4. The van der Waals surface area contributed by atoms with Gasteiger partial charge in [0.1, 0.15) is 0 Å². The summed E-state index contributed by atoms with van der Waals surface area (Å²) in [6, 6.07) is 12.8. The zero-order valence-corrected chi connectivity index (χ0v) is 15.7. The number of ether oxygens (including phenoxy) is 1. The molecule has 0 aliphatic rings. The molecule has 2 aromatic rings. The van der Waals surface area contributed by atoms with Crippen molar-refractivity contribution in [1.29, 1.82) is 0 Å². The number of hydrogen-bond donors (Lipinski definition) is 1. The van der Waals surface area contributed by atoms with E-state index in [-0.39, 0.29) is 11.9 Å². The predicted molar refractivity (Wildman–Crippen MR) is 103 cm³/mol. The Hall–Kier alpha value is -1.98. The van der Waals surface area contributed by atoms with E-state index in [4.69, 9.17) is 16.3 Å². The van der Waals surface area contributed by atoms with Crippen LogP contribution in [-0.4, -0.2) is 24.2 Å². The van der Waals surface area contributed by atoms with Gasteiger partial charge < -0.3 is 10.1 Å². The maximum Gasteiger partial charge on any atom is 0.338 e. The number of rotatable bonds is 7. The maximum atomic E-state index is 12.2. The highest BCUT2D eigenvalue weighted by atomic mass is 35.5. The quantitative estimate of drug-likeness (QED) is 0.711. The summed E-state index contributed by atoms with van der Waals surface area (Å²) >= 11 is 7.59. The Bertz CT molecular complexity index is 764. The first-order chi connectivity index (χ1) is 12.0. The molecule has 0 aliphatic heterocycles. The molecule has 0 bridgehead atoms. The number of benzene rings is 2. The van der Waals surface area contributed by atoms with Gasteiger partial charge in [0.15, 0.2) is 0 Å². The van der Waals surface area contributed by atoms with Gasteiger partial charge >= 0.3 is 5.97 Å². The van der Waals surface area contributed by atoms with E-state index in [1.807, 2.05) is 24.3 Å². The minimum atomic E-state index is -0.385. The zero-order valence-electron chi connectivity index (χ0n) is 14.2. The van der Waals surface area contributed by atoms with E-state index in [0.717, 1.165) is 5.56 Å². The van der Waals surface area contributed by atoms with Gasteiger partial charge in [0.05, 0.1) is 17.9 Å². The van der Waals surface area contributed by atoms with Gasteiger partial charge in [-0.05, 0) is 43.2 Å². The maximum absolute atomic E-state index is 12.2. The van der Waals surface area contributed by atoms with Gasteiger partial charge in [-0.15, -0.1) is 11.8 Å². The fourth-order valence-electron chi connectivity index (χ4n) is 2.26. The number of carbonyl (C=O) groups excluding carboxylic acids is 2. The highest BCUT2D eigenvalue weighted by Crippen LogP contribution is 2.22. The van der Waals surface area contributed by atoms with E-state index >= 15 is 0 Å². The first-order valence-corrected chi connectivity index (χ1v) is 9.44. The summed E-state index contributed by atoms with van der Waals surface area (Å²) in [5.41, 5.74) is 2.78. The summed E-state index contributed by atoms with van der Waals surface area (Å²) in [4.78, 5) is 24.1. The number of esters is 1. The fourth-order valence-corrected chi connectivity index (χ4v) is 3.37. The number of thioether (sulfide) groups is 1. The van der Waals surface area contributed by atoms with Crippen LogP contribution in [0.5, 0.6) is 0 Å². The van der Waals surface area contributed by atoms with Crippen molar-refractivity contribution < 1.29 is 14.3 Å². The zero-order chi connectivity index (χ0) is 18.2. The van der Waals surface area contributed by atoms with Crippen molar-refractivity contribution in [2.24, 2.45) is 0 Å². The fraction of sp³-hybridized carbons (Fsp3) is 0.263. The number of halogens is 1. The van der Waals surface area contributed by atoms with Gasteiger partial charge in [-0.1, -0.05) is 35.9 Å². The Labute approximate surface area is 156 Å². The topological polar surface area (TPSA) is 55.4 Å². The van der Waals surface area contributed by atoms with E-state index < -0.39 is 0 Å². The monoisotopic (exact) mass is 377 g/mol. The summed E-state index contributed by atoms with van der Waals surface area (Å²) in [7, 11) is 0. The number of carbonyl (C=O) groups is 2. The molecular weight excluding hydrogens is 358 g/mol. The van der Waals surface area contributed by atoms with Crippen LogP contribution in [0.4, 0.5) is 5.69 Å². The molecule has 0 atom stereocenters. The smallest absolute Gasteiger partial charge is 0.338 e. The Balaban J connectivity index is 1.93. The van der Waals surface area contributed by atoms with Gasteiger partial charge in [0, 0.05) is 16.5 Å². The molecule has 0 spiro atoms. The molecule has 4 nitrogen and oxygen atoms in total. The standard InChI is InChI=1S/C19H20ClNO3S/c1-3-24-19(23)15-8-6-10-17(13(15)2)21-18(22)12-25-11-14-7-4-5-9-16(14)20/h4-10H,3,11-12H2,1-2H3,(H,21,22). The first-order valence-electron chi connectivity index (χ1n) is 7.90. The lowest BCUT2D eigenvalue weighted by Crippen LogP contribution is -2.16. The number of nitrogens with one attached hydrogen (secondary N) is 1. The number of anilines is 1. The molecule has 2 aromatic carbocycles. The van der Waals surface area contributed by atoms with Crippen LogP contribution < -0.4 is 5.32 Å². The molecule has 0 saturated heterocycles. The van der Waals surface area contributed by atoms with Gasteiger partial charge in [0.25, 0.3) is 0 Å². The SMILES string of the molecule is CCOC(=O)c1cccc(NC(=O)CSCc2ccccc2Cl)c1C. The average Bonchev–Trinajstić information content (AvgIpc) is 2.58. The molecule has 6 heteroatoms. The molecule has 2 rings (SSSR count). The average molecular weight is 378 g/mol. The summed E-state index contributed by atoms with van der Waals surface area (Å²) in [6.07, 6.45) is 0. The molecule has 0 heterocycles. The lowest BCUT2D eigenvalue weighted by molar-refractivity contribution is -0.113. The van der Waals surface area contributed by atoms with Crippen LogP contribution in [-0.2, 0) is 15.3 Å². The van der Waals surface area contributed by atoms with E-state index in [1.54, 1.807) is 32.0 Å². The van der Waals surface area contributed by atoms with Gasteiger partial charge in [-0.3, -0.25) is 4.79 Å². The van der Waals surface area contributed by atoms with Crippen LogP contribution in [0.25, 0.3) is 0 Å². The third kappa shape index (κ3) is 5.51. The van der Waals surface area contributed by atoms with Crippen molar-refractivity contribution in [2.75, 3.05) is 17.7 Å². The van der Waals surface area contributed by atoms with Crippen LogP contribution >= 0.6 is 23.4 Å². The number of amides is 1. The summed E-state index contributed by atoms with van der Waals surface area (Å²) in [5.74, 6) is 0.453. The van der Waals surface area contributed by atoms with Crippen LogP contribution in [0.15, 0.2) is 42.5 Å². The highest BCUT2D eigenvalue weighted by molar-refractivity contribution is 7.99. The summed E-state index contributed by atoms with van der Waals surface area (Å²) < 4.78 is 5.03. The third-order valence-corrected chi connectivity index (χ3v) is 4.90. The van der Waals surface area contributed by atoms with Gasteiger partial charge in [-0.2, -0.15) is 0 Å². The van der Waals surface area contributed by atoms with Crippen LogP contribution in [0, 0.1) is 6.92 Å². The van der Waals surface area contributed by atoms with Crippen molar-refractivity contribution in [3.05, 3.63) is 64.2 Å². The molecule has 1 N–H and O–H groups in total. The minimum Gasteiger partial charge on any atom is -0.462 e. The third-order valence-electron chi connectivity index (χ3n) is 3.55. The second-order valence-electron chi connectivity index (χ2n) is 5.33.